The van der Waals surface area contributed by atoms with E-state index in [1.165, 1.54) is 0 Å². The molecule has 0 aliphatic heterocycles. The van der Waals surface area contributed by atoms with Crippen LogP contribution in [0, 0.1) is 11.3 Å². The summed E-state index contributed by atoms with van der Waals surface area (Å²) in [6.45, 7) is 0. The molecule has 1 rings (SSSR count). The van der Waals surface area contributed by atoms with Crippen molar-refractivity contribution in [3.8, 4) is 6.07 Å². The predicted molar refractivity (Wildman–Crippen MR) is 48.9 cm³/mol. The molecule has 13 heavy (non-hydrogen) atoms. The van der Waals surface area contributed by atoms with E-state index in [0.29, 0.717) is 24.1 Å². The monoisotopic (exact) mass is 172 g/mol. The Bertz CT molecular complexity index is 363. The molecule has 1 aromatic rings. The minimum Gasteiger partial charge on any atom is -0.296 e. The lowest BCUT2D eigenvalue weighted by Gasteiger charge is -1.92. The van der Waals surface area contributed by atoms with E-state index in [1.807, 2.05) is 6.07 Å². The second-order valence-corrected chi connectivity index (χ2v) is 2.37. The largest absolute Gasteiger partial charge is 0.296 e. The SMILES string of the molecule is N#CCC=Cc1cccc(C=O)n1. The third kappa shape index (κ3) is 2.88. The van der Waals surface area contributed by atoms with Gasteiger partial charge >= 0.3 is 0 Å². The van der Waals surface area contributed by atoms with Gasteiger partial charge in [-0.05, 0) is 18.2 Å². The topological polar surface area (TPSA) is 53.8 Å². The van der Waals surface area contributed by atoms with Crippen LogP contribution in [0.1, 0.15) is 22.6 Å². The highest BCUT2D eigenvalue weighted by molar-refractivity contribution is 5.72. The molecule has 3 heteroatoms. The van der Waals surface area contributed by atoms with E-state index in [2.05, 4.69) is 4.98 Å². The van der Waals surface area contributed by atoms with E-state index < -0.39 is 0 Å². The number of aldehydes is 1. The van der Waals surface area contributed by atoms with Gasteiger partial charge in [-0.2, -0.15) is 5.26 Å². The number of hydrogen-bond donors (Lipinski definition) is 0. The first kappa shape index (κ1) is 9.14. The number of pyridine rings is 1. The molecule has 0 bridgehead atoms. The third-order valence-electron chi connectivity index (χ3n) is 1.41. The van der Waals surface area contributed by atoms with Crippen LogP contribution in [-0.4, -0.2) is 11.3 Å². The molecule has 0 atom stereocenters. The van der Waals surface area contributed by atoms with Gasteiger partial charge in [-0.3, -0.25) is 4.79 Å². The van der Waals surface area contributed by atoms with Crippen LogP contribution in [0.5, 0.6) is 0 Å². The molecule has 0 unspecified atom stereocenters. The first-order valence-electron chi connectivity index (χ1n) is 3.82. The minimum atomic E-state index is 0.354. The molecular formula is C10H8N2O. The molecule has 0 aliphatic carbocycles. The summed E-state index contributed by atoms with van der Waals surface area (Å²) in [5, 5.41) is 8.27. The van der Waals surface area contributed by atoms with Gasteiger partial charge in [0.25, 0.3) is 0 Å². The van der Waals surface area contributed by atoms with E-state index in [9.17, 15) is 4.79 Å². The number of carbonyl (C=O) groups is 1. The van der Waals surface area contributed by atoms with Gasteiger partial charge in [0.15, 0.2) is 6.29 Å². The van der Waals surface area contributed by atoms with Gasteiger partial charge in [-0.25, -0.2) is 4.98 Å². The van der Waals surface area contributed by atoms with Gasteiger partial charge in [-0.1, -0.05) is 12.1 Å². The van der Waals surface area contributed by atoms with Crippen LogP contribution in [0.4, 0.5) is 0 Å². The van der Waals surface area contributed by atoms with E-state index in [0.717, 1.165) is 0 Å². The summed E-state index contributed by atoms with van der Waals surface area (Å²) in [6, 6.07) is 7.15. The van der Waals surface area contributed by atoms with Crippen molar-refractivity contribution < 1.29 is 4.79 Å². The summed E-state index contributed by atoms with van der Waals surface area (Å²) >= 11 is 0. The Hall–Kier alpha value is -1.95. The lowest BCUT2D eigenvalue weighted by molar-refractivity contribution is 0.111. The van der Waals surface area contributed by atoms with Crippen molar-refractivity contribution in [2.75, 3.05) is 0 Å². The molecule has 3 nitrogen and oxygen atoms in total. The lowest BCUT2D eigenvalue weighted by atomic mass is 10.3. The fraction of sp³-hybridized carbons (Fsp3) is 0.100. The van der Waals surface area contributed by atoms with Gasteiger partial charge in [0.1, 0.15) is 5.69 Å². The van der Waals surface area contributed by atoms with Crippen molar-refractivity contribution in [1.82, 2.24) is 4.98 Å². The molecule has 0 spiro atoms. The number of hydrogen-bond acceptors (Lipinski definition) is 3. The van der Waals surface area contributed by atoms with Crippen LogP contribution in [0.25, 0.3) is 6.08 Å². The van der Waals surface area contributed by atoms with Crippen molar-refractivity contribution in [3.63, 3.8) is 0 Å². The highest BCUT2D eigenvalue weighted by Crippen LogP contribution is 2.00. The first-order valence-corrected chi connectivity index (χ1v) is 3.82. The maximum Gasteiger partial charge on any atom is 0.168 e. The molecule has 1 heterocycles. The normalized spacial score (nSPS) is 9.77. The Morgan fingerprint density at radius 3 is 2.92 bits per heavy atom. The summed E-state index contributed by atoms with van der Waals surface area (Å²) in [4.78, 5) is 14.3. The summed E-state index contributed by atoms with van der Waals surface area (Å²) < 4.78 is 0. The number of carbonyl (C=O) groups excluding carboxylic acids is 1. The Morgan fingerprint density at radius 2 is 2.23 bits per heavy atom. The van der Waals surface area contributed by atoms with Crippen molar-refractivity contribution >= 4 is 12.4 Å². The molecule has 64 valence electrons. The summed E-state index contributed by atoms with van der Waals surface area (Å²) in [7, 11) is 0. The number of aromatic nitrogens is 1. The predicted octanol–water partition coefficient (Wildman–Crippen LogP) is 1.82. The Labute approximate surface area is 76.3 Å². The van der Waals surface area contributed by atoms with Crippen LogP contribution in [-0.2, 0) is 0 Å². The molecule has 0 radical (unpaired) electrons. The van der Waals surface area contributed by atoms with Crippen LogP contribution in [0.2, 0.25) is 0 Å². The number of nitriles is 1. The highest BCUT2D eigenvalue weighted by atomic mass is 16.1. The van der Waals surface area contributed by atoms with Gasteiger partial charge in [0.05, 0.1) is 18.2 Å². The maximum atomic E-state index is 10.3. The van der Waals surface area contributed by atoms with Crippen molar-refractivity contribution in [1.29, 1.82) is 5.26 Å². The molecule has 0 fully saturated rings. The van der Waals surface area contributed by atoms with Gasteiger partial charge in [0.2, 0.25) is 0 Å². The smallest absolute Gasteiger partial charge is 0.168 e. The van der Waals surface area contributed by atoms with Gasteiger partial charge < -0.3 is 0 Å². The molecule has 0 aliphatic rings. The summed E-state index contributed by atoms with van der Waals surface area (Å²) in [6.07, 6.45) is 4.47. The highest BCUT2D eigenvalue weighted by Gasteiger charge is 1.91. The molecule has 0 saturated carbocycles. The fourth-order valence-electron chi connectivity index (χ4n) is 0.860. The molecule has 1 aromatic heterocycles. The second kappa shape index (κ2) is 4.83. The maximum absolute atomic E-state index is 10.3. The Kier molecular flexibility index (Phi) is 3.40. The van der Waals surface area contributed by atoms with Crippen LogP contribution < -0.4 is 0 Å². The van der Waals surface area contributed by atoms with Crippen LogP contribution >= 0.6 is 0 Å². The van der Waals surface area contributed by atoms with Crippen molar-refractivity contribution in [2.45, 2.75) is 6.42 Å². The zero-order chi connectivity index (χ0) is 9.52. The molecule has 0 saturated heterocycles. The first-order chi connectivity index (χ1) is 6.36. The van der Waals surface area contributed by atoms with E-state index in [-0.39, 0.29) is 0 Å². The quantitative estimate of drug-likeness (QED) is 0.653. The zero-order valence-corrected chi connectivity index (χ0v) is 6.97. The minimum absolute atomic E-state index is 0.354. The third-order valence-corrected chi connectivity index (χ3v) is 1.41. The van der Waals surface area contributed by atoms with E-state index in [4.69, 9.17) is 5.26 Å². The van der Waals surface area contributed by atoms with E-state index in [1.54, 1.807) is 30.4 Å². The Balaban J connectivity index is 2.78. The standard InChI is InChI=1S/C10H8N2O/c11-7-2-1-4-9-5-3-6-10(8-13)12-9/h1,3-6,8H,2H2. The van der Waals surface area contributed by atoms with Gasteiger partial charge in [-0.15, -0.1) is 0 Å². The average Bonchev–Trinajstić information content (AvgIpc) is 2.19. The van der Waals surface area contributed by atoms with E-state index >= 15 is 0 Å². The van der Waals surface area contributed by atoms with Crippen LogP contribution in [0.15, 0.2) is 24.3 Å². The van der Waals surface area contributed by atoms with Crippen molar-refractivity contribution in [3.05, 3.63) is 35.7 Å². The lowest BCUT2D eigenvalue weighted by Crippen LogP contribution is -1.87. The number of nitrogens with zero attached hydrogens (tertiary/aromatic N) is 2. The fourth-order valence-corrected chi connectivity index (χ4v) is 0.860. The molecule has 0 aromatic carbocycles. The van der Waals surface area contributed by atoms with Crippen molar-refractivity contribution in [2.24, 2.45) is 0 Å². The van der Waals surface area contributed by atoms with Crippen LogP contribution in [0.3, 0.4) is 0 Å². The Morgan fingerprint density at radius 1 is 1.46 bits per heavy atom. The number of rotatable bonds is 3. The number of allylic oxidation sites excluding steroid dienone is 1. The molecular weight excluding hydrogens is 164 g/mol. The average molecular weight is 172 g/mol. The second-order valence-electron chi connectivity index (χ2n) is 2.37. The molecule has 0 amide bonds. The van der Waals surface area contributed by atoms with Gasteiger partial charge in [0, 0.05) is 0 Å². The zero-order valence-electron chi connectivity index (χ0n) is 6.97. The summed E-state index contributed by atoms with van der Waals surface area (Å²) in [5.41, 5.74) is 1.10. The summed E-state index contributed by atoms with van der Waals surface area (Å²) in [5.74, 6) is 0. The molecule has 0 N–H and O–H groups in total.